The monoisotopic (exact) mass is 1860 g/mol. The van der Waals surface area contributed by atoms with Gasteiger partial charge in [0.1, 0.15) is 18.3 Å². The fraction of sp³-hybridized carbons (Fsp3) is 0.894. The van der Waals surface area contributed by atoms with Gasteiger partial charge in [-0.1, -0.05) is 65.2 Å². The van der Waals surface area contributed by atoms with Gasteiger partial charge in [-0.05, 0) is 127 Å². The average molecular weight is 1860 g/mol. The summed E-state index contributed by atoms with van der Waals surface area (Å²) in [6.45, 7) is 6.02. The van der Waals surface area contributed by atoms with Crippen molar-refractivity contribution in [2.24, 2.45) is 29.6 Å². The fourth-order valence-electron chi connectivity index (χ4n) is 16.5. The quantitative estimate of drug-likeness (QED) is 0.0235. The van der Waals surface area contributed by atoms with Crippen LogP contribution < -0.4 is 31.9 Å². The second-order valence-electron chi connectivity index (χ2n) is 34.4. The molecule has 4 fully saturated rings. The van der Waals surface area contributed by atoms with Gasteiger partial charge in [-0.3, -0.25) is 61.2 Å². The molecule has 0 bridgehead atoms. The third-order valence-electron chi connectivity index (χ3n) is 24.0. The van der Waals surface area contributed by atoms with Crippen LogP contribution in [0, 0.1) is 29.6 Å². The van der Waals surface area contributed by atoms with Gasteiger partial charge in [-0.2, -0.15) is 0 Å². The Hall–Kier alpha value is -5.11. The van der Waals surface area contributed by atoms with E-state index in [1.165, 1.54) is 35.5 Å². The Bertz CT molecular complexity index is 3240. The van der Waals surface area contributed by atoms with Crippen molar-refractivity contribution in [1.29, 1.82) is 0 Å². The first-order valence-corrected chi connectivity index (χ1v) is 49.3. The van der Waals surface area contributed by atoms with E-state index in [9.17, 15) is 113 Å². The van der Waals surface area contributed by atoms with Crippen molar-refractivity contribution in [3.63, 3.8) is 0 Å². The minimum atomic E-state index is -4.86. The molecule has 4 aliphatic rings. The van der Waals surface area contributed by atoms with Crippen LogP contribution in [0.3, 0.4) is 0 Å². The lowest BCUT2D eigenvalue weighted by molar-refractivity contribution is -0.142. The lowest BCUT2D eigenvalue weighted by Gasteiger charge is -2.42. The summed E-state index contributed by atoms with van der Waals surface area (Å²) in [6, 6.07) is -2.54. The minimum Gasteiger partial charge on any atom is -0.396 e. The van der Waals surface area contributed by atoms with Crippen LogP contribution in [0.25, 0.3) is 0 Å². The van der Waals surface area contributed by atoms with E-state index >= 15 is 0 Å². The van der Waals surface area contributed by atoms with Crippen LogP contribution in [-0.4, -0.2) is 346 Å². The molecule has 19 unspecified atom stereocenters. The number of nitrogens with one attached hydrogen (secondary N) is 6. The molecule has 0 aromatic carbocycles. The van der Waals surface area contributed by atoms with Crippen LogP contribution in [-0.2, 0) is 89.3 Å². The maximum Gasteiger partial charge on any atom is 0.472 e. The van der Waals surface area contributed by atoms with Crippen LogP contribution in [0.15, 0.2) is 0 Å². The normalized spacial score (nSPS) is 25.4. The number of unbranched alkanes of at least 4 members (excludes halogenated alkanes) is 12. The highest BCUT2D eigenvalue weighted by Gasteiger charge is 2.47. The first kappa shape index (κ1) is 114. The first-order valence-electron chi connectivity index (χ1n) is 46.3. The number of phosphoric ester groups is 2. The Labute approximate surface area is 749 Å². The summed E-state index contributed by atoms with van der Waals surface area (Å²) in [4.78, 5) is 140. The maximum absolute atomic E-state index is 13.9. The van der Waals surface area contributed by atoms with Crippen molar-refractivity contribution in [3.8, 4) is 0 Å². The van der Waals surface area contributed by atoms with Gasteiger partial charge in [0.15, 0.2) is 0 Å². The number of aliphatic hydroxyl groups is 10. The molecule has 4 aliphatic carbocycles. The predicted octanol–water partition coefficient (Wildman–Crippen LogP) is 1.94. The molecule has 42 heteroatoms. The maximum atomic E-state index is 13.9. The van der Waals surface area contributed by atoms with Gasteiger partial charge in [0.25, 0.3) is 0 Å². The van der Waals surface area contributed by atoms with E-state index in [1.54, 1.807) is 0 Å². The van der Waals surface area contributed by atoms with Crippen molar-refractivity contribution in [2.75, 3.05) is 138 Å². The second kappa shape index (κ2) is 64.7. The van der Waals surface area contributed by atoms with Crippen molar-refractivity contribution < 1.29 is 150 Å². The number of nitrogens with zero attached hydrogens (tertiary/aromatic N) is 3. The van der Waals surface area contributed by atoms with Gasteiger partial charge >= 0.3 is 15.6 Å². The summed E-state index contributed by atoms with van der Waals surface area (Å²) in [7, 11) is -9.72. The van der Waals surface area contributed by atoms with Crippen molar-refractivity contribution in [3.05, 3.63) is 0 Å². The zero-order valence-electron chi connectivity index (χ0n) is 75.7. The van der Waals surface area contributed by atoms with Gasteiger partial charge < -0.3 is 126 Å². The number of carbonyl (C=O) groups is 9. The molecule has 0 spiro atoms. The van der Waals surface area contributed by atoms with E-state index in [-0.39, 0.29) is 179 Å². The van der Waals surface area contributed by atoms with E-state index < -0.39 is 163 Å². The number of ether oxygens (including phenoxy) is 4. The standard InChI is InChI=1S/C85H157N9O31P2/c1-59(2)63-25-24-26-67(34-33-63)118-48-39-93(75(106)31-16-7-19-36-87-72(103)28-13-10-22-46-120-69-54-65(57-97)81(109)84(112)78(69)90-61(4)100)41-50-123-127(116,117)125-52-43-94(76(107)32-17-8-20-37-88-73(104)29-14-11-23-47-121-70-55-66(58-98)82(110)85(113)79(70)91-62(5)101)42-51-124-126(114,115)122-49-40-92(38-44-95)74(105)30-15-6-18-35-86-71(102)27-12-9-21-45-119-68-53-64(56-96)80(108)83(111)77(68)89-60(3)99/h59,63-70,77-85,95-98,108-113H,6-58H2,1-5H3,(H,86,102)(H,87,103)(H,88,104)(H,89,99)(H,90,100)(H,91,101)(H,114,115)(H,116,117). The molecular weight excluding hydrogens is 1700 g/mol. The lowest BCUT2D eigenvalue weighted by Crippen LogP contribution is -2.61. The van der Waals surface area contributed by atoms with Crippen molar-refractivity contribution >= 4 is 68.8 Å². The van der Waals surface area contributed by atoms with E-state index in [0.29, 0.717) is 147 Å². The number of rotatable bonds is 68. The van der Waals surface area contributed by atoms with E-state index in [1.807, 2.05) is 0 Å². The molecule has 738 valence electrons. The molecule has 0 aliphatic heterocycles. The second-order valence-corrected chi connectivity index (χ2v) is 37.3. The molecule has 4 saturated carbocycles. The molecule has 0 aromatic heterocycles. The molecule has 0 heterocycles. The molecule has 0 radical (unpaired) electrons. The van der Waals surface area contributed by atoms with Gasteiger partial charge in [-0.25, -0.2) is 9.13 Å². The highest BCUT2D eigenvalue weighted by molar-refractivity contribution is 7.47. The molecule has 18 N–H and O–H groups in total. The number of carbonyl (C=O) groups excluding carboxylic acids is 9. The van der Waals surface area contributed by atoms with E-state index in [2.05, 4.69) is 45.7 Å². The van der Waals surface area contributed by atoms with Crippen LogP contribution in [0.4, 0.5) is 0 Å². The molecule has 9 amide bonds. The average Bonchev–Trinajstić information content (AvgIpc) is 0.861. The third-order valence-corrected chi connectivity index (χ3v) is 26.1. The molecule has 40 nitrogen and oxygen atoms in total. The molecule has 4 rings (SSSR count). The van der Waals surface area contributed by atoms with E-state index in [0.717, 1.165) is 32.1 Å². The third kappa shape index (κ3) is 46.9. The summed E-state index contributed by atoms with van der Waals surface area (Å²) < 4.78 is 72.2. The number of aliphatic hydroxyl groups excluding tert-OH is 10. The molecule has 0 aromatic rings. The molecule has 127 heavy (non-hydrogen) atoms. The fourth-order valence-corrected chi connectivity index (χ4v) is 17.9. The van der Waals surface area contributed by atoms with Gasteiger partial charge in [-0.15, -0.1) is 0 Å². The van der Waals surface area contributed by atoms with Gasteiger partial charge in [0.05, 0.1) is 100 Å². The van der Waals surface area contributed by atoms with Crippen LogP contribution in [0.5, 0.6) is 0 Å². The summed E-state index contributed by atoms with van der Waals surface area (Å²) in [5.74, 6) is -3.47. The minimum absolute atomic E-state index is 0.00990. The SMILES string of the molecule is CC(=O)NC1C(OCCCCCC(=O)NCCCCCC(=O)N(CCO)CCOP(=O)(O)OCCN(CCOP(=O)(O)OCCN(CCOC2CCCC(C(C)C)CC2)C(=O)CCCCCNC(=O)CCCCCOC2CC(CO)C(O)C(O)C2NC(C)=O)C(=O)CCCCCNC(=O)CCCCCOC2CC(CO)C(O)C(O)C2NC(C)=O)CC(CO)C(O)C1O. The Kier molecular flexibility index (Phi) is 58.2. The summed E-state index contributed by atoms with van der Waals surface area (Å²) in [5.41, 5.74) is 0. The van der Waals surface area contributed by atoms with E-state index in [4.69, 9.17) is 37.0 Å². The van der Waals surface area contributed by atoms with Crippen LogP contribution in [0.2, 0.25) is 0 Å². The summed E-state index contributed by atoms with van der Waals surface area (Å²) in [6.07, 6.45) is 7.03. The Morgan fingerprint density at radius 1 is 0.354 bits per heavy atom. The topological polar surface area (TPSA) is 586 Å². The van der Waals surface area contributed by atoms with Crippen LogP contribution in [0.1, 0.15) is 240 Å². The van der Waals surface area contributed by atoms with Crippen molar-refractivity contribution in [2.45, 2.75) is 319 Å². The Balaban J connectivity index is 1.25. The number of amides is 9. The highest BCUT2D eigenvalue weighted by atomic mass is 31.2. The predicted molar refractivity (Wildman–Crippen MR) is 465 cm³/mol. The molecule has 19 atom stereocenters. The van der Waals surface area contributed by atoms with Crippen LogP contribution >= 0.6 is 15.6 Å². The Morgan fingerprint density at radius 3 is 0.953 bits per heavy atom. The highest BCUT2D eigenvalue weighted by Crippen LogP contribution is 2.44. The zero-order chi connectivity index (χ0) is 93.7. The van der Waals surface area contributed by atoms with Gasteiger partial charge in [0.2, 0.25) is 53.2 Å². The smallest absolute Gasteiger partial charge is 0.396 e. The summed E-state index contributed by atoms with van der Waals surface area (Å²) >= 11 is 0. The van der Waals surface area contributed by atoms with Gasteiger partial charge in [0, 0.05) is 176 Å². The molecular formula is C85H157N9O31P2. The first-order chi connectivity index (χ1) is 60.6. The summed E-state index contributed by atoms with van der Waals surface area (Å²) in [5, 5.41) is 118. The largest absolute Gasteiger partial charge is 0.472 e. The zero-order valence-corrected chi connectivity index (χ0v) is 77.5. The number of hydrogen-bond donors (Lipinski definition) is 18. The molecule has 0 saturated heterocycles. The Morgan fingerprint density at radius 2 is 0.654 bits per heavy atom. The lowest BCUT2D eigenvalue weighted by atomic mass is 9.79. The van der Waals surface area contributed by atoms with Crippen molar-refractivity contribution in [1.82, 2.24) is 46.6 Å². The number of hydrogen-bond acceptors (Lipinski definition) is 29. The number of phosphoric acid groups is 2.